The van der Waals surface area contributed by atoms with Crippen molar-refractivity contribution in [3.63, 3.8) is 0 Å². The Morgan fingerprint density at radius 1 is 1.26 bits per heavy atom. The van der Waals surface area contributed by atoms with Crippen LogP contribution in [0.15, 0.2) is 18.2 Å². The smallest absolute Gasteiger partial charge is 0.303 e. The number of Topliss-reactive ketones (excluding diaryl/α,β-unsaturated/α-hetero) is 1. The Morgan fingerprint density at radius 2 is 1.95 bits per heavy atom. The first-order valence-electron chi connectivity index (χ1n) is 5.64. The van der Waals surface area contributed by atoms with E-state index in [1.54, 1.807) is 12.1 Å². The van der Waals surface area contributed by atoms with E-state index in [0.29, 0.717) is 17.0 Å². The fraction of sp³-hybridized carbons (Fsp3) is 0.308. The highest BCUT2D eigenvalue weighted by molar-refractivity contribution is 5.98. The summed E-state index contributed by atoms with van der Waals surface area (Å²) in [5.74, 6) is -1.21. The first-order chi connectivity index (χ1) is 8.93. The maximum absolute atomic E-state index is 11.6. The van der Waals surface area contributed by atoms with Crippen LogP contribution in [0, 0.1) is 0 Å². The molecule has 0 bridgehead atoms. The lowest BCUT2D eigenvalue weighted by atomic mass is 10.1. The van der Waals surface area contributed by atoms with Gasteiger partial charge in [0.05, 0.1) is 19.2 Å². The number of rotatable bonds is 6. The van der Waals surface area contributed by atoms with Gasteiger partial charge >= 0.3 is 5.97 Å². The third kappa shape index (κ3) is 4.42. The summed E-state index contributed by atoms with van der Waals surface area (Å²) in [7, 11) is 1.44. The molecule has 0 spiro atoms. The fourth-order valence-electron chi connectivity index (χ4n) is 1.46. The minimum absolute atomic E-state index is 0.135. The van der Waals surface area contributed by atoms with E-state index in [1.165, 1.54) is 20.1 Å². The summed E-state index contributed by atoms with van der Waals surface area (Å²) in [5, 5.41) is 11.0. The van der Waals surface area contributed by atoms with Crippen LogP contribution in [0.2, 0.25) is 0 Å². The largest absolute Gasteiger partial charge is 0.495 e. The summed E-state index contributed by atoms with van der Waals surface area (Å²) in [4.78, 5) is 33.2. The molecule has 0 saturated heterocycles. The lowest BCUT2D eigenvalue weighted by Gasteiger charge is -2.11. The Hall–Kier alpha value is -2.37. The van der Waals surface area contributed by atoms with Gasteiger partial charge in [0.15, 0.2) is 5.78 Å². The Bertz CT molecular complexity index is 510. The molecule has 0 aliphatic carbocycles. The van der Waals surface area contributed by atoms with Crippen LogP contribution >= 0.6 is 0 Å². The molecule has 0 aromatic heterocycles. The quantitative estimate of drug-likeness (QED) is 0.764. The van der Waals surface area contributed by atoms with Gasteiger partial charge in [-0.25, -0.2) is 0 Å². The van der Waals surface area contributed by atoms with Crippen LogP contribution in [0.3, 0.4) is 0 Å². The van der Waals surface area contributed by atoms with Crippen molar-refractivity contribution in [2.75, 3.05) is 12.4 Å². The molecule has 6 heteroatoms. The summed E-state index contributed by atoms with van der Waals surface area (Å²) in [6.07, 6.45) is -0.386. The highest BCUT2D eigenvalue weighted by Crippen LogP contribution is 2.25. The number of ether oxygens (including phenoxy) is 1. The van der Waals surface area contributed by atoms with Crippen LogP contribution in [0.25, 0.3) is 0 Å². The Morgan fingerprint density at radius 3 is 2.47 bits per heavy atom. The minimum Gasteiger partial charge on any atom is -0.495 e. The summed E-state index contributed by atoms with van der Waals surface area (Å²) in [5.41, 5.74) is 0.792. The first kappa shape index (κ1) is 14.7. The standard InChI is InChI=1S/C13H15NO5/c1-8(15)9-3-4-11(19-2)10(7-9)14-12(16)5-6-13(17)18/h3-4,7H,5-6H2,1-2H3,(H,14,16)(H,17,18). The number of amides is 1. The van der Waals surface area contributed by atoms with Crippen LogP contribution in [0.5, 0.6) is 5.75 Å². The normalized spacial score (nSPS) is 9.79. The average molecular weight is 265 g/mol. The van der Waals surface area contributed by atoms with E-state index in [4.69, 9.17) is 9.84 Å². The number of carbonyl (C=O) groups excluding carboxylic acids is 2. The van der Waals surface area contributed by atoms with E-state index in [1.807, 2.05) is 0 Å². The number of carbonyl (C=O) groups is 3. The number of hydrogen-bond donors (Lipinski definition) is 2. The zero-order valence-electron chi connectivity index (χ0n) is 10.7. The molecule has 0 heterocycles. The zero-order chi connectivity index (χ0) is 14.4. The molecule has 0 unspecified atom stereocenters. The lowest BCUT2D eigenvalue weighted by molar-refractivity contribution is -0.138. The molecule has 0 saturated carbocycles. The summed E-state index contributed by atoms with van der Waals surface area (Å²) < 4.78 is 5.06. The summed E-state index contributed by atoms with van der Waals surface area (Å²) in [6.45, 7) is 1.41. The van der Waals surface area contributed by atoms with Gasteiger partial charge in [0.1, 0.15) is 5.75 Å². The monoisotopic (exact) mass is 265 g/mol. The van der Waals surface area contributed by atoms with Gasteiger partial charge in [-0.1, -0.05) is 0 Å². The van der Waals surface area contributed by atoms with E-state index >= 15 is 0 Å². The topological polar surface area (TPSA) is 92.7 Å². The maximum atomic E-state index is 11.6. The van der Waals surface area contributed by atoms with Crippen molar-refractivity contribution in [2.24, 2.45) is 0 Å². The van der Waals surface area contributed by atoms with E-state index in [2.05, 4.69) is 5.32 Å². The van der Waals surface area contributed by atoms with Crippen molar-refractivity contribution in [1.29, 1.82) is 0 Å². The van der Waals surface area contributed by atoms with Gasteiger partial charge < -0.3 is 15.2 Å². The maximum Gasteiger partial charge on any atom is 0.303 e. The molecule has 0 radical (unpaired) electrons. The summed E-state index contributed by atoms with van der Waals surface area (Å²) in [6, 6.07) is 4.66. The second-order valence-corrected chi connectivity index (χ2v) is 3.91. The van der Waals surface area contributed by atoms with E-state index in [9.17, 15) is 14.4 Å². The van der Waals surface area contributed by atoms with Gasteiger partial charge in [0.2, 0.25) is 5.91 Å². The third-order valence-corrected chi connectivity index (χ3v) is 2.45. The molecular formula is C13H15NO5. The van der Waals surface area contributed by atoms with Gasteiger partial charge in [-0.15, -0.1) is 0 Å². The number of benzene rings is 1. The van der Waals surface area contributed by atoms with Gasteiger partial charge in [-0.2, -0.15) is 0 Å². The molecule has 0 aliphatic rings. The molecule has 2 N–H and O–H groups in total. The second-order valence-electron chi connectivity index (χ2n) is 3.91. The van der Waals surface area contributed by atoms with E-state index in [-0.39, 0.29) is 18.6 Å². The predicted octanol–water partition coefficient (Wildman–Crippen LogP) is 1.70. The molecule has 0 aliphatic heterocycles. The molecule has 1 aromatic carbocycles. The average Bonchev–Trinajstić information content (AvgIpc) is 2.36. The van der Waals surface area contributed by atoms with Crippen LogP contribution in [-0.2, 0) is 9.59 Å². The number of aliphatic carboxylic acids is 1. The zero-order valence-corrected chi connectivity index (χ0v) is 10.7. The SMILES string of the molecule is COc1ccc(C(C)=O)cc1NC(=O)CCC(=O)O. The van der Waals surface area contributed by atoms with Crippen LogP contribution in [0.4, 0.5) is 5.69 Å². The third-order valence-electron chi connectivity index (χ3n) is 2.45. The number of hydrogen-bond acceptors (Lipinski definition) is 4. The molecule has 0 fully saturated rings. The van der Waals surface area contributed by atoms with Gasteiger partial charge in [-0.3, -0.25) is 14.4 Å². The van der Waals surface area contributed by atoms with Crippen molar-refractivity contribution in [3.05, 3.63) is 23.8 Å². The number of methoxy groups -OCH3 is 1. The molecule has 1 aromatic rings. The molecule has 102 valence electrons. The van der Waals surface area contributed by atoms with Crippen molar-refractivity contribution in [3.8, 4) is 5.75 Å². The number of anilines is 1. The molecular weight excluding hydrogens is 250 g/mol. The Balaban J connectivity index is 2.85. The van der Waals surface area contributed by atoms with Gasteiger partial charge in [0, 0.05) is 12.0 Å². The van der Waals surface area contributed by atoms with Crippen LogP contribution in [0.1, 0.15) is 30.1 Å². The van der Waals surface area contributed by atoms with Crippen molar-refractivity contribution < 1.29 is 24.2 Å². The number of carboxylic acids is 1. The fourth-order valence-corrected chi connectivity index (χ4v) is 1.46. The van der Waals surface area contributed by atoms with Gasteiger partial charge in [0.25, 0.3) is 0 Å². The molecule has 1 amide bonds. The lowest BCUT2D eigenvalue weighted by Crippen LogP contribution is -2.14. The second kappa shape index (κ2) is 6.53. The van der Waals surface area contributed by atoms with Crippen molar-refractivity contribution in [1.82, 2.24) is 0 Å². The number of nitrogens with one attached hydrogen (secondary N) is 1. The van der Waals surface area contributed by atoms with Crippen molar-refractivity contribution in [2.45, 2.75) is 19.8 Å². The Kier molecular flexibility index (Phi) is 5.05. The predicted molar refractivity (Wildman–Crippen MR) is 68.5 cm³/mol. The molecule has 0 atom stereocenters. The van der Waals surface area contributed by atoms with E-state index in [0.717, 1.165) is 0 Å². The first-order valence-corrected chi connectivity index (χ1v) is 5.64. The molecule has 6 nitrogen and oxygen atoms in total. The van der Waals surface area contributed by atoms with E-state index < -0.39 is 11.9 Å². The molecule has 1 rings (SSSR count). The minimum atomic E-state index is -1.04. The number of carboxylic acid groups (broad SMARTS) is 1. The highest BCUT2D eigenvalue weighted by Gasteiger charge is 2.11. The number of ketones is 1. The highest BCUT2D eigenvalue weighted by atomic mass is 16.5. The summed E-state index contributed by atoms with van der Waals surface area (Å²) >= 11 is 0. The van der Waals surface area contributed by atoms with Crippen molar-refractivity contribution >= 4 is 23.3 Å². The van der Waals surface area contributed by atoms with Crippen LogP contribution < -0.4 is 10.1 Å². The molecule has 19 heavy (non-hydrogen) atoms. The Labute approximate surface area is 110 Å². The van der Waals surface area contributed by atoms with Crippen LogP contribution in [-0.4, -0.2) is 29.9 Å². The van der Waals surface area contributed by atoms with Gasteiger partial charge in [-0.05, 0) is 25.1 Å².